The summed E-state index contributed by atoms with van der Waals surface area (Å²) >= 11 is 0. The fraction of sp³-hybridized carbons (Fsp3) is 0.426. The third-order valence-electron chi connectivity index (χ3n) is 13.5. The van der Waals surface area contributed by atoms with E-state index in [1.807, 2.05) is 55.5 Å². The second-order valence-corrected chi connectivity index (χ2v) is 17.5. The molecule has 4 saturated heterocycles. The van der Waals surface area contributed by atoms with Crippen LogP contribution in [0, 0.1) is 6.92 Å². The molecular formula is C47H54FN9O5. The van der Waals surface area contributed by atoms with E-state index in [0.29, 0.717) is 74.7 Å². The van der Waals surface area contributed by atoms with Crippen LogP contribution in [0.15, 0.2) is 79.0 Å². The van der Waals surface area contributed by atoms with Crippen LogP contribution >= 0.6 is 0 Å². The summed E-state index contributed by atoms with van der Waals surface area (Å²) in [4.78, 5) is 45.6. The van der Waals surface area contributed by atoms with Gasteiger partial charge in [-0.25, -0.2) is 9.18 Å². The van der Waals surface area contributed by atoms with Gasteiger partial charge in [0.2, 0.25) is 5.91 Å². The molecule has 0 saturated carbocycles. The van der Waals surface area contributed by atoms with Gasteiger partial charge in [-0.2, -0.15) is 0 Å². The van der Waals surface area contributed by atoms with Gasteiger partial charge in [-0.15, -0.1) is 10.2 Å². The number of phenols is 1. The highest BCUT2D eigenvalue weighted by molar-refractivity contribution is 6.06. The largest absolute Gasteiger partial charge is 0.507 e. The predicted octanol–water partition coefficient (Wildman–Crippen LogP) is 6.43. The zero-order valence-corrected chi connectivity index (χ0v) is 35.3. The number of hydrogen-bond acceptors (Lipinski definition) is 10. The van der Waals surface area contributed by atoms with Crippen molar-refractivity contribution in [2.75, 3.05) is 75.0 Å². The molecule has 324 valence electrons. The fourth-order valence-corrected chi connectivity index (χ4v) is 10.0. The highest BCUT2D eigenvalue weighted by Crippen LogP contribution is 2.38. The molecule has 2 unspecified atom stereocenters. The third-order valence-corrected chi connectivity index (χ3v) is 13.5. The standard InChI is InChI=1S/C47H54FN9O5/c1-30-23-32(7-9-37(30)33-25-36(62-2)28-55(27-33)41-26-39(51-52-44(41)49)38-5-3-4-6-42(38)58)45(60)54-21-15-47(48,16-22-54)29-53-17-12-34(13-18-53)56-19-11-31-24-35(8-10-40(31)56)57-20-14-43(59)50-46(57)61/h3-11,19,23-24,26,33-34,36,58H,12-18,20-22,25,27-29H2,1-2H3,(H2,49,52)(H,50,59,61). The number of alkyl halides is 1. The molecule has 0 spiro atoms. The van der Waals surface area contributed by atoms with E-state index in [2.05, 4.69) is 42.1 Å². The summed E-state index contributed by atoms with van der Waals surface area (Å²) in [6.07, 6.45) is 5.52. The molecule has 5 aromatic rings. The number of aromatic hydroxyl groups is 1. The summed E-state index contributed by atoms with van der Waals surface area (Å²) in [6, 6.07) is 22.7. The first-order chi connectivity index (χ1) is 29.9. The summed E-state index contributed by atoms with van der Waals surface area (Å²) in [5.74, 6) is 0.178. The van der Waals surface area contributed by atoms with E-state index in [4.69, 9.17) is 10.5 Å². The molecule has 4 aliphatic heterocycles. The number of nitrogens with one attached hydrogen (secondary N) is 1. The first kappa shape index (κ1) is 41.3. The number of halogens is 1. The number of nitrogens with two attached hydrogens (primary N) is 1. The van der Waals surface area contributed by atoms with E-state index in [9.17, 15) is 19.5 Å². The number of anilines is 3. The smallest absolute Gasteiger partial charge is 0.328 e. The van der Waals surface area contributed by atoms with Crippen LogP contribution in [0.3, 0.4) is 0 Å². The van der Waals surface area contributed by atoms with Crippen LogP contribution in [0.25, 0.3) is 22.2 Å². The monoisotopic (exact) mass is 843 g/mol. The van der Waals surface area contributed by atoms with E-state index >= 15 is 4.39 Å². The maximum atomic E-state index is 16.4. The lowest BCUT2D eigenvalue weighted by Gasteiger charge is -2.41. The Kier molecular flexibility index (Phi) is 11.3. The molecular weight excluding hydrogens is 790 g/mol. The average molecular weight is 844 g/mol. The molecule has 14 nitrogen and oxygen atoms in total. The topological polar surface area (TPSA) is 162 Å². The van der Waals surface area contributed by atoms with Crippen LogP contribution in [0.1, 0.15) is 72.0 Å². The van der Waals surface area contributed by atoms with Crippen LogP contribution in [0.5, 0.6) is 5.75 Å². The Labute approximate surface area is 360 Å². The quantitative estimate of drug-likeness (QED) is 0.151. The molecule has 4 amide bonds. The Hall–Kier alpha value is -6.06. The molecule has 62 heavy (non-hydrogen) atoms. The first-order valence-corrected chi connectivity index (χ1v) is 21.7. The number of hydrogen-bond donors (Lipinski definition) is 3. The number of carbonyl (C=O) groups excluding carboxylic acids is 3. The molecule has 2 atom stereocenters. The number of carbonyl (C=O) groups is 3. The van der Waals surface area contributed by atoms with E-state index < -0.39 is 11.7 Å². The maximum Gasteiger partial charge on any atom is 0.328 e. The molecule has 3 aromatic carbocycles. The van der Waals surface area contributed by atoms with Crippen molar-refractivity contribution in [2.24, 2.45) is 0 Å². The van der Waals surface area contributed by atoms with Crippen molar-refractivity contribution >= 4 is 45.9 Å². The number of amides is 4. The number of methoxy groups -OCH3 is 1. The van der Waals surface area contributed by atoms with Crippen molar-refractivity contribution in [3.05, 3.63) is 95.7 Å². The van der Waals surface area contributed by atoms with Gasteiger partial charge < -0.3 is 34.8 Å². The van der Waals surface area contributed by atoms with E-state index in [1.165, 1.54) is 0 Å². The number of fused-ring (bicyclic) bond motifs is 1. The molecule has 4 fully saturated rings. The van der Waals surface area contributed by atoms with Crippen LogP contribution in [-0.2, 0) is 9.53 Å². The highest BCUT2D eigenvalue weighted by atomic mass is 19.1. The van der Waals surface area contributed by atoms with Crippen LogP contribution < -0.4 is 20.9 Å². The maximum absolute atomic E-state index is 16.4. The van der Waals surface area contributed by atoms with Gasteiger partial charge in [-0.3, -0.25) is 19.8 Å². The first-order valence-electron chi connectivity index (χ1n) is 21.7. The summed E-state index contributed by atoms with van der Waals surface area (Å²) < 4.78 is 24.6. The summed E-state index contributed by atoms with van der Waals surface area (Å²) in [5.41, 5.74) is 11.5. The number of rotatable bonds is 9. The second-order valence-electron chi connectivity index (χ2n) is 17.5. The Balaban J connectivity index is 0.791. The van der Waals surface area contributed by atoms with E-state index in [0.717, 1.165) is 65.8 Å². The average Bonchev–Trinajstić information content (AvgIpc) is 3.70. The Morgan fingerprint density at radius 3 is 2.50 bits per heavy atom. The van der Waals surface area contributed by atoms with Gasteiger partial charge >= 0.3 is 6.03 Å². The summed E-state index contributed by atoms with van der Waals surface area (Å²) in [7, 11) is 1.71. The Morgan fingerprint density at radius 2 is 1.76 bits per heavy atom. The number of piperidine rings is 3. The third kappa shape index (κ3) is 8.30. The fourth-order valence-electron chi connectivity index (χ4n) is 10.0. The van der Waals surface area contributed by atoms with E-state index in [-0.39, 0.29) is 42.0 Å². The number of ether oxygens (including phenoxy) is 1. The van der Waals surface area contributed by atoms with Crippen molar-refractivity contribution in [2.45, 2.75) is 69.2 Å². The summed E-state index contributed by atoms with van der Waals surface area (Å²) in [5, 5.41) is 22.4. The molecule has 0 aliphatic carbocycles. The minimum atomic E-state index is -1.36. The number of phenolic OH excluding ortho intramolecular Hbond substituents is 1. The Bertz CT molecular complexity index is 2490. The summed E-state index contributed by atoms with van der Waals surface area (Å²) in [6.45, 7) is 6.36. The van der Waals surface area contributed by atoms with E-state index in [1.54, 1.807) is 35.1 Å². The molecule has 0 radical (unpaired) electrons. The number of imide groups is 1. The number of para-hydroxylation sites is 1. The van der Waals surface area contributed by atoms with Crippen molar-refractivity contribution in [1.82, 2.24) is 29.9 Å². The zero-order chi connectivity index (χ0) is 43.1. The lowest BCUT2D eigenvalue weighted by molar-refractivity contribution is -0.120. The van der Waals surface area contributed by atoms with Crippen LogP contribution in [-0.4, -0.2) is 119 Å². The minimum absolute atomic E-state index is 0.0709. The van der Waals surface area contributed by atoms with Gasteiger partial charge in [0.25, 0.3) is 5.91 Å². The van der Waals surface area contributed by atoms with Crippen molar-refractivity contribution in [3.63, 3.8) is 0 Å². The highest BCUT2D eigenvalue weighted by Gasteiger charge is 2.39. The van der Waals surface area contributed by atoms with Gasteiger partial charge in [-0.1, -0.05) is 18.2 Å². The molecule has 4 N–H and O–H groups in total. The van der Waals surface area contributed by atoms with Crippen LogP contribution in [0.2, 0.25) is 0 Å². The number of nitrogens with zero attached hydrogens (tertiary/aromatic N) is 7. The lowest BCUT2D eigenvalue weighted by Crippen LogP contribution is -2.51. The van der Waals surface area contributed by atoms with Gasteiger partial charge in [0.05, 0.1) is 17.5 Å². The number of likely N-dealkylation sites (tertiary alicyclic amines) is 2. The van der Waals surface area contributed by atoms with Gasteiger partial charge in [0, 0.05) is 125 Å². The molecule has 6 heterocycles. The molecule has 9 rings (SSSR count). The SMILES string of the molecule is COC1CC(c2ccc(C(=O)N3CCC(F)(CN4CCC(n5ccc6cc(N7CCC(=O)NC7=O)ccc65)CC4)CC3)cc2C)CN(c2cc(-c3ccccc3O)nnc2N)C1. The van der Waals surface area contributed by atoms with Gasteiger partial charge in [0.1, 0.15) is 11.4 Å². The molecule has 2 aromatic heterocycles. The molecule has 4 aliphatic rings. The number of urea groups is 1. The van der Waals surface area contributed by atoms with Crippen molar-refractivity contribution in [1.29, 1.82) is 0 Å². The van der Waals surface area contributed by atoms with Crippen molar-refractivity contribution < 1.29 is 28.6 Å². The number of aromatic nitrogens is 3. The second kappa shape index (κ2) is 17.0. The minimum Gasteiger partial charge on any atom is -0.507 e. The zero-order valence-electron chi connectivity index (χ0n) is 35.3. The normalized spacial score (nSPS) is 21.4. The molecule has 0 bridgehead atoms. The number of nitrogen functional groups attached to an aromatic ring is 1. The number of aryl methyl sites for hydroxylation is 1. The van der Waals surface area contributed by atoms with Gasteiger partial charge in [-0.05, 0) is 91.9 Å². The molecule has 15 heteroatoms. The van der Waals surface area contributed by atoms with Gasteiger partial charge in [0.15, 0.2) is 5.82 Å². The predicted molar refractivity (Wildman–Crippen MR) is 236 cm³/mol. The van der Waals surface area contributed by atoms with Crippen LogP contribution in [0.4, 0.5) is 26.4 Å². The lowest BCUT2D eigenvalue weighted by atomic mass is 9.85. The van der Waals surface area contributed by atoms with Crippen molar-refractivity contribution in [3.8, 4) is 17.0 Å². The Morgan fingerprint density at radius 1 is 0.968 bits per heavy atom. The number of benzene rings is 3.